The molecule has 0 N–H and O–H groups in total. The van der Waals surface area contributed by atoms with Crippen LogP contribution in [0.2, 0.25) is 0 Å². The Hall–Kier alpha value is -1.25. The quantitative estimate of drug-likeness (QED) is 0.806. The molecule has 5 heteroatoms. The highest BCUT2D eigenvalue weighted by Crippen LogP contribution is 2.30. The van der Waals surface area contributed by atoms with Gasteiger partial charge in [0.05, 0.1) is 14.4 Å². The number of hydrogen-bond donors (Lipinski definition) is 0. The molecule has 0 atom stereocenters. The molecule has 0 radical (unpaired) electrons. The van der Waals surface area contributed by atoms with E-state index >= 15 is 0 Å². The molecule has 3 nitrogen and oxygen atoms in total. The van der Waals surface area contributed by atoms with Gasteiger partial charge in [0.2, 0.25) is 5.82 Å². The van der Waals surface area contributed by atoms with Gasteiger partial charge in [-0.25, -0.2) is 9.97 Å². The zero-order valence-corrected chi connectivity index (χ0v) is 10.3. The molecule has 0 saturated carbocycles. The molecule has 2 aromatic rings. The minimum Gasteiger partial charge on any atom is -0.224 e. The fourth-order valence-electron chi connectivity index (χ4n) is 1.20. The van der Waals surface area contributed by atoms with Crippen molar-refractivity contribution in [3.63, 3.8) is 0 Å². The first kappa shape index (κ1) is 10.3. The van der Waals surface area contributed by atoms with Crippen LogP contribution in [0, 0.1) is 18.3 Å². The molecule has 0 aromatic carbocycles. The van der Waals surface area contributed by atoms with E-state index in [2.05, 4.69) is 25.9 Å². The Labute approximate surface area is 99.6 Å². The van der Waals surface area contributed by atoms with Gasteiger partial charge in [0, 0.05) is 5.69 Å². The molecule has 0 aliphatic carbocycles. The number of halogens is 1. The van der Waals surface area contributed by atoms with E-state index in [-0.39, 0.29) is 5.82 Å². The van der Waals surface area contributed by atoms with Crippen LogP contribution in [0.1, 0.15) is 11.5 Å². The molecule has 0 amide bonds. The van der Waals surface area contributed by atoms with Crippen LogP contribution < -0.4 is 0 Å². The predicted molar refractivity (Wildman–Crippen MR) is 62.5 cm³/mol. The molecule has 0 bridgehead atoms. The topological polar surface area (TPSA) is 49.6 Å². The van der Waals surface area contributed by atoms with Crippen LogP contribution in [0.15, 0.2) is 22.0 Å². The van der Waals surface area contributed by atoms with Crippen molar-refractivity contribution < 1.29 is 0 Å². The smallest absolute Gasteiger partial charge is 0.224 e. The lowest BCUT2D eigenvalue weighted by Crippen LogP contribution is -1.93. The average molecular weight is 280 g/mol. The van der Waals surface area contributed by atoms with E-state index in [0.29, 0.717) is 0 Å². The fraction of sp³-hybridized carbons (Fsp3) is 0.100. The SMILES string of the molecule is Cc1cc(-c2ccc(Br)s2)nc(C#N)n1. The van der Waals surface area contributed by atoms with Gasteiger partial charge in [0.25, 0.3) is 0 Å². The summed E-state index contributed by atoms with van der Waals surface area (Å²) in [7, 11) is 0. The van der Waals surface area contributed by atoms with E-state index in [0.717, 1.165) is 20.1 Å². The Morgan fingerprint density at radius 3 is 2.80 bits per heavy atom. The standard InChI is InChI=1S/C10H6BrN3S/c1-6-4-7(14-10(5-12)13-6)8-2-3-9(11)15-8/h2-4H,1H3. The number of aryl methyl sites for hydroxylation is 1. The van der Waals surface area contributed by atoms with Crippen molar-refractivity contribution in [2.75, 3.05) is 0 Å². The Morgan fingerprint density at radius 2 is 2.20 bits per heavy atom. The van der Waals surface area contributed by atoms with Crippen molar-refractivity contribution in [1.29, 1.82) is 5.26 Å². The summed E-state index contributed by atoms with van der Waals surface area (Å²) in [6.45, 7) is 1.86. The zero-order valence-electron chi connectivity index (χ0n) is 7.86. The molecule has 0 fully saturated rings. The Bertz CT molecular complexity index is 542. The molecule has 2 rings (SSSR count). The number of nitrogens with zero attached hydrogens (tertiary/aromatic N) is 3. The molecule has 15 heavy (non-hydrogen) atoms. The van der Waals surface area contributed by atoms with Crippen LogP contribution in [0.5, 0.6) is 0 Å². The lowest BCUT2D eigenvalue weighted by Gasteiger charge is -1.98. The van der Waals surface area contributed by atoms with Gasteiger partial charge in [0.1, 0.15) is 6.07 Å². The van der Waals surface area contributed by atoms with Crippen LogP contribution >= 0.6 is 27.3 Å². The van der Waals surface area contributed by atoms with Crippen LogP contribution in [-0.4, -0.2) is 9.97 Å². The van der Waals surface area contributed by atoms with Crippen molar-refractivity contribution in [1.82, 2.24) is 9.97 Å². The average Bonchev–Trinajstić information content (AvgIpc) is 2.64. The molecule has 0 aliphatic heterocycles. The van der Waals surface area contributed by atoms with Gasteiger partial charge in [0.15, 0.2) is 0 Å². The van der Waals surface area contributed by atoms with Gasteiger partial charge in [-0.3, -0.25) is 0 Å². The first-order chi connectivity index (χ1) is 7.19. The maximum Gasteiger partial charge on any atom is 0.233 e. The summed E-state index contributed by atoms with van der Waals surface area (Å²) in [5.41, 5.74) is 1.61. The molecule has 0 saturated heterocycles. The number of hydrogen-bond acceptors (Lipinski definition) is 4. The van der Waals surface area contributed by atoms with Crippen molar-refractivity contribution in [2.24, 2.45) is 0 Å². The second kappa shape index (κ2) is 4.09. The third kappa shape index (κ3) is 2.22. The summed E-state index contributed by atoms with van der Waals surface area (Å²) in [4.78, 5) is 9.19. The maximum atomic E-state index is 8.76. The van der Waals surface area contributed by atoms with Gasteiger partial charge in [-0.15, -0.1) is 11.3 Å². The van der Waals surface area contributed by atoms with Crippen molar-refractivity contribution in [3.8, 4) is 16.6 Å². The van der Waals surface area contributed by atoms with E-state index < -0.39 is 0 Å². The molecule has 0 unspecified atom stereocenters. The van der Waals surface area contributed by atoms with E-state index in [4.69, 9.17) is 5.26 Å². The maximum absolute atomic E-state index is 8.76. The normalized spacial score (nSPS) is 9.93. The minimum atomic E-state index is 0.217. The van der Waals surface area contributed by atoms with Crippen LogP contribution in [0.3, 0.4) is 0 Å². The van der Waals surface area contributed by atoms with Crippen molar-refractivity contribution in [2.45, 2.75) is 6.92 Å². The molecule has 74 valence electrons. The van der Waals surface area contributed by atoms with E-state index in [1.54, 1.807) is 11.3 Å². The third-order valence-corrected chi connectivity index (χ3v) is 3.43. The Balaban J connectivity index is 2.54. The van der Waals surface area contributed by atoms with Gasteiger partial charge < -0.3 is 0 Å². The summed E-state index contributed by atoms with van der Waals surface area (Å²) in [6, 6.07) is 7.76. The number of thiophene rings is 1. The van der Waals surface area contributed by atoms with Crippen molar-refractivity contribution in [3.05, 3.63) is 33.5 Å². The highest BCUT2D eigenvalue weighted by molar-refractivity contribution is 9.11. The Kier molecular flexibility index (Phi) is 2.80. The number of rotatable bonds is 1. The van der Waals surface area contributed by atoms with Gasteiger partial charge in [-0.1, -0.05) is 0 Å². The molecular weight excluding hydrogens is 274 g/mol. The summed E-state index contributed by atoms with van der Waals surface area (Å²) in [5.74, 6) is 0.217. The molecule has 0 aliphatic rings. The lowest BCUT2D eigenvalue weighted by atomic mass is 10.3. The monoisotopic (exact) mass is 279 g/mol. The first-order valence-corrected chi connectivity index (χ1v) is 5.81. The van der Waals surface area contributed by atoms with E-state index in [1.807, 2.05) is 31.2 Å². The summed E-state index contributed by atoms with van der Waals surface area (Å²) >= 11 is 4.98. The van der Waals surface area contributed by atoms with E-state index in [1.165, 1.54) is 0 Å². The Morgan fingerprint density at radius 1 is 1.40 bits per heavy atom. The minimum absolute atomic E-state index is 0.217. The molecule has 0 spiro atoms. The van der Waals surface area contributed by atoms with Gasteiger partial charge in [-0.05, 0) is 41.1 Å². The largest absolute Gasteiger partial charge is 0.233 e. The second-order valence-corrected chi connectivity index (χ2v) is 5.40. The zero-order chi connectivity index (χ0) is 10.8. The van der Waals surface area contributed by atoms with Crippen LogP contribution in [0.4, 0.5) is 0 Å². The fourth-order valence-corrected chi connectivity index (χ4v) is 2.54. The molecule has 2 aromatic heterocycles. The number of nitriles is 1. The van der Waals surface area contributed by atoms with Crippen LogP contribution in [-0.2, 0) is 0 Å². The highest BCUT2D eigenvalue weighted by Gasteiger charge is 2.06. The van der Waals surface area contributed by atoms with Gasteiger partial charge >= 0.3 is 0 Å². The van der Waals surface area contributed by atoms with E-state index in [9.17, 15) is 0 Å². The lowest BCUT2D eigenvalue weighted by molar-refractivity contribution is 1.07. The second-order valence-electron chi connectivity index (χ2n) is 2.93. The van der Waals surface area contributed by atoms with Crippen molar-refractivity contribution >= 4 is 27.3 Å². The summed E-state index contributed by atoms with van der Waals surface area (Å²) in [5, 5.41) is 8.76. The summed E-state index contributed by atoms with van der Waals surface area (Å²) < 4.78 is 1.05. The number of aromatic nitrogens is 2. The third-order valence-electron chi connectivity index (χ3n) is 1.78. The predicted octanol–water partition coefficient (Wildman–Crippen LogP) is 3.15. The molecular formula is C10H6BrN3S. The first-order valence-electron chi connectivity index (χ1n) is 4.20. The van der Waals surface area contributed by atoms with Gasteiger partial charge in [-0.2, -0.15) is 5.26 Å². The highest BCUT2D eigenvalue weighted by atomic mass is 79.9. The summed E-state index contributed by atoms with van der Waals surface area (Å²) in [6.07, 6.45) is 0. The molecule has 2 heterocycles. The van der Waals surface area contributed by atoms with Crippen LogP contribution in [0.25, 0.3) is 10.6 Å².